The lowest BCUT2D eigenvalue weighted by Gasteiger charge is -2.40. The van der Waals surface area contributed by atoms with Crippen molar-refractivity contribution in [3.05, 3.63) is 42.2 Å². The van der Waals surface area contributed by atoms with Gasteiger partial charge in [-0.1, -0.05) is 23.4 Å². The largest absolute Gasteiger partial charge is 0.370 e. The summed E-state index contributed by atoms with van der Waals surface area (Å²) in [5, 5.41) is 8.14. The zero-order chi connectivity index (χ0) is 16.6. The molecule has 8 heteroatoms. The molecule has 3 heterocycles. The standard InChI is InChI=1S/C16H20N4O3S/c21-24(22,14-4-2-1-3-5-14)9-8-19-7-6-16-15(11-19)20-13(12-23-16)10-17-18-20/h1-5,10,15-16H,6-9,11-12H2/t15-,16-/m1/s1. The highest BCUT2D eigenvalue weighted by Gasteiger charge is 2.36. The van der Waals surface area contributed by atoms with E-state index >= 15 is 0 Å². The number of rotatable bonds is 4. The highest BCUT2D eigenvalue weighted by Crippen LogP contribution is 2.29. The second kappa shape index (κ2) is 6.27. The van der Waals surface area contributed by atoms with E-state index in [1.54, 1.807) is 30.5 Å². The third-order valence-electron chi connectivity index (χ3n) is 4.79. The van der Waals surface area contributed by atoms with Crippen molar-refractivity contribution in [1.82, 2.24) is 19.9 Å². The van der Waals surface area contributed by atoms with Crippen LogP contribution < -0.4 is 0 Å². The number of sulfone groups is 1. The monoisotopic (exact) mass is 348 g/mol. The van der Waals surface area contributed by atoms with E-state index in [9.17, 15) is 8.42 Å². The topological polar surface area (TPSA) is 77.3 Å². The van der Waals surface area contributed by atoms with E-state index in [2.05, 4.69) is 15.2 Å². The van der Waals surface area contributed by atoms with Gasteiger partial charge in [-0.3, -0.25) is 4.90 Å². The van der Waals surface area contributed by atoms with Crippen molar-refractivity contribution in [2.75, 3.05) is 25.4 Å². The summed E-state index contributed by atoms with van der Waals surface area (Å²) in [5.41, 5.74) is 0.981. The van der Waals surface area contributed by atoms with Crippen LogP contribution in [0.25, 0.3) is 0 Å². The second-order valence-corrected chi connectivity index (χ2v) is 8.42. The fourth-order valence-corrected chi connectivity index (χ4v) is 4.75. The molecule has 0 spiro atoms. The molecule has 0 aliphatic carbocycles. The van der Waals surface area contributed by atoms with Gasteiger partial charge in [-0.2, -0.15) is 0 Å². The minimum absolute atomic E-state index is 0.115. The molecule has 0 bridgehead atoms. The molecule has 4 rings (SSSR count). The maximum absolute atomic E-state index is 12.4. The molecule has 1 fully saturated rings. The second-order valence-electron chi connectivity index (χ2n) is 6.31. The molecule has 0 amide bonds. The summed E-state index contributed by atoms with van der Waals surface area (Å²) in [4.78, 5) is 2.57. The molecule has 2 atom stereocenters. The molecule has 2 aliphatic heterocycles. The van der Waals surface area contributed by atoms with Crippen LogP contribution in [0.4, 0.5) is 0 Å². The van der Waals surface area contributed by atoms with E-state index in [-0.39, 0.29) is 17.9 Å². The van der Waals surface area contributed by atoms with Crippen molar-refractivity contribution < 1.29 is 13.2 Å². The van der Waals surface area contributed by atoms with Crippen LogP contribution in [-0.4, -0.2) is 59.8 Å². The molecule has 128 valence electrons. The quantitative estimate of drug-likeness (QED) is 0.817. The summed E-state index contributed by atoms with van der Waals surface area (Å²) in [6, 6.07) is 8.75. The summed E-state index contributed by atoms with van der Waals surface area (Å²) in [5.74, 6) is 0.124. The van der Waals surface area contributed by atoms with Crippen LogP contribution in [0.2, 0.25) is 0 Å². The Labute approximate surface area is 141 Å². The Morgan fingerprint density at radius 3 is 2.92 bits per heavy atom. The highest BCUT2D eigenvalue weighted by atomic mass is 32.2. The summed E-state index contributed by atoms with van der Waals surface area (Å²) in [7, 11) is -3.25. The third-order valence-corrected chi connectivity index (χ3v) is 6.50. The van der Waals surface area contributed by atoms with Crippen molar-refractivity contribution in [3.63, 3.8) is 0 Å². The Morgan fingerprint density at radius 1 is 1.25 bits per heavy atom. The maximum Gasteiger partial charge on any atom is 0.179 e. The Bertz CT molecular complexity index is 806. The predicted octanol–water partition coefficient (Wildman–Crippen LogP) is 0.898. The average molecular weight is 348 g/mol. The SMILES string of the molecule is O=S(=O)(CCN1CC[C@H]2OCc3cnnn3[C@@H]2C1)c1ccccc1. The molecule has 0 N–H and O–H groups in total. The van der Waals surface area contributed by atoms with Crippen LogP contribution in [0.1, 0.15) is 18.2 Å². The number of hydrogen-bond acceptors (Lipinski definition) is 6. The first-order valence-corrected chi connectivity index (χ1v) is 9.79. The Morgan fingerprint density at radius 2 is 2.08 bits per heavy atom. The molecule has 7 nitrogen and oxygen atoms in total. The third kappa shape index (κ3) is 2.97. The normalized spacial score (nSPS) is 24.3. The van der Waals surface area contributed by atoms with Crippen molar-refractivity contribution in [2.24, 2.45) is 0 Å². The number of likely N-dealkylation sites (tertiary alicyclic amines) is 1. The molecule has 1 aromatic heterocycles. The Hall–Kier alpha value is -1.77. The molecule has 24 heavy (non-hydrogen) atoms. The number of ether oxygens (including phenoxy) is 1. The van der Waals surface area contributed by atoms with E-state index in [1.807, 2.05) is 10.7 Å². The summed E-state index contributed by atoms with van der Waals surface area (Å²) in [6.45, 7) is 2.65. The van der Waals surface area contributed by atoms with Crippen molar-refractivity contribution in [2.45, 2.75) is 30.1 Å². The molecule has 2 aromatic rings. The Balaban J connectivity index is 1.42. The number of benzene rings is 1. The molecule has 1 saturated heterocycles. The van der Waals surface area contributed by atoms with Gasteiger partial charge in [0.1, 0.15) is 0 Å². The number of aromatic nitrogens is 3. The fourth-order valence-electron chi connectivity index (χ4n) is 3.44. The van der Waals surface area contributed by atoms with Crippen molar-refractivity contribution in [1.29, 1.82) is 0 Å². The summed E-state index contributed by atoms with van der Waals surface area (Å²) < 4.78 is 32.7. The minimum atomic E-state index is -3.25. The lowest BCUT2D eigenvalue weighted by atomic mass is 10.0. The Kier molecular flexibility index (Phi) is 4.11. The van der Waals surface area contributed by atoms with Gasteiger partial charge >= 0.3 is 0 Å². The number of hydrogen-bond donors (Lipinski definition) is 0. The van der Waals surface area contributed by atoms with Crippen LogP contribution in [0.15, 0.2) is 41.4 Å². The van der Waals surface area contributed by atoms with Gasteiger partial charge in [0.15, 0.2) is 9.84 Å². The van der Waals surface area contributed by atoms with Gasteiger partial charge in [0, 0.05) is 19.6 Å². The zero-order valence-electron chi connectivity index (χ0n) is 13.3. The lowest BCUT2D eigenvalue weighted by molar-refractivity contribution is -0.0646. The van der Waals surface area contributed by atoms with Gasteiger partial charge in [-0.25, -0.2) is 13.1 Å². The lowest BCUT2D eigenvalue weighted by Crippen LogP contribution is -2.49. The van der Waals surface area contributed by atoms with Crippen LogP contribution in [0.3, 0.4) is 0 Å². The van der Waals surface area contributed by atoms with Gasteiger partial charge in [0.2, 0.25) is 0 Å². The van der Waals surface area contributed by atoms with Crippen molar-refractivity contribution in [3.8, 4) is 0 Å². The molecule has 0 saturated carbocycles. The molecule has 1 aromatic carbocycles. The molecule has 2 aliphatic rings. The molecular formula is C16H20N4O3S. The van der Waals surface area contributed by atoms with Crippen LogP contribution in [0, 0.1) is 0 Å². The molecule has 0 unspecified atom stereocenters. The first-order valence-electron chi connectivity index (χ1n) is 8.14. The van der Waals surface area contributed by atoms with Gasteiger partial charge in [0.05, 0.1) is 41.3 Å². The van der Waals surface area contributed by atoms with E-state index in [0.29, 0.717) is 18.0 Å². The van der Waals surface area contributed by atoms with E-state index in [1.165, 1.54) is 0 Å². The van der Waals surface area contributed by atoms with Crippen LogP contribution in [0.5, 0.6) is 0 Å². The highest BCUT2D eigenvalue weighted by molar-refractivity contribution is 7.91. The van der Waals surface area contributed by atoms with Crippen molar-refractivity contribution >= 4 is 9.84 Å². The summed E-state index contributed by atoms with van der Waals surface area (Å²) >= 11 is 0. The van der Waals surface area contributed by atoms with Crippen LogP contribution in [-0.2, 0) is 21.2 Å². The first-order chi connectivity index (χ1) is 11.6. The van der Waals surface area contributed by atoms with E-state index in [0.717, 1.165) is 25.2 Å². The van der Waals surface area contributed by atoms with E-state index in [4.69, 9.17) is 4.74 Å². The predicted molar refractivity (Wildman–Crippen MR) is 87.2 cm³/mol. The van der Waals surface area contributed by atoms with Crippen LogP contribution >= 0.6 is 0 Å². The number of piperidine rings is 1. The molecular weight excluding hydrogens is 328 g/mol. The van der Waals surface area contributed by atoms with Gasteiger partial charge in [-0.05, 0) is 18.6 Å². The smallest absolute Gasteiger partial charge is 0.179 e. The van der Waals surface area contributed by atoms with Gasteiger partial charge in [-0.15, -0.1) is 5.10 Å². The summed E-state index contributed by atoms with van der Waals surface area (Å²) in [6.07, 6.45) is 2.76. The maximum atomic E-state index is 12.4. The number of fused-ring (bicyclic) bond motifs is 3. The first kappa shape index (κ1) is 15.7. The number of nitrogens with zero attached hydrogens (tertiary/aromatic N) is 4. The van der Waals surface area contributed by atoms with E-state index < -0.39 is 9.84 Å². The average Bonchev–Trinajstić information content (AvgIpc) is 3.10. The molecule has 0 radical (unpaired) electrons. The minimum Gasteiger partial charge on any atom is -0.370 e. The van der Waals surface area contributed by atoms with Gasteiger partial charge in [0.25, 0.3) is 0 Å². The zero-order valence-corrected chi connectivity index (χ0v) is 14.1. The fraction of sp³-hybridized carbons (Fsp3) is 0.500. The van der Waals surface area contributed by atoms with Gasteiger partial charge < -0.3 is 4.74 Å².